The number of benzene rings is 2. The number of esters is 1. The van der Waals surface area contributed by atoms with Crippen molar-refractivity contribution in [2.75, 3.05) is 0 Å². The van der Waals surface area contributed by atoms with E-state index < -0.39 is 0 Å². The van der Waals surface area contributed by atoms with E-state index in [9.17, 15) is 9.18 Å². The molecule has 0 saturated heterocycles. The van der Waals surface area contributed by atoms with Gasteiger partial charge in [0, 0.05) is 11.1 Å². The second-order valence-electron chi connectivity index (χ2n) is 7.53. The third-order valence-corrected chi connectivity index (χ3v) is 5.81. The van der Waals surface area contributed by atoms with Crippen LogP contribution in [0.1, 0.15) is 25.0 Å². The van der Waals surface area contributed by atoms with E-state index >= 15 is 0 Å². The molecule has 0 heterocycles. The zero-order valence-electron chi connectivity index (χ0n) is 15.4. The maximum Gasteiger partial charge on any atom is 0.310 e. The lowest BCUT2D eigenvalue weighted by Gasteiger charge is -2.10. The second kappa shape index (κ2) is 7.88. The van der Waals surface area contributed by atoms with Gasteiger partial charge in [-0.1, -0.05) is 68.0 Å². The molecule has 0 aromatic heterocycles. The minimum atomic E-state index is -0.344. The molecule has 0 N–H and O–H groups in total. The Morgan fingerprint density at radius 3 is 2.48 bits per heavy atom. The molecule has 1 aliphatic rings. The molecular weight excluding hydrogens is 475 g/mol. The SMILES string of the molecule is Cc1ccc(-c2cccc(COC(=O)[C@@H]3[C@H](C=C(Br)Br)C3(C)C)c2F)cc1. The lowest BCUT2D eigenvalue weighted by molar-refractivity contribution is -0.147. The third kappa shape index (κ3) is 4.35. The van der Waals surface area contributed by atoms with Crippen LogP contribution in [0.15, 0.2) is 51.9 Å². The van der Waals surface area contributed by atoms with Gasteiger partial charge in [0.15, 0.2) is 0 Å². The lowest BCUT2D eigenvalue weighted by atomic mass is 10.0. The van der Waals surface area contributed by atoms with Crippen molar-refractivity contribution in [3.8, 4) is 11.1 Å². The first-order chi connectivity index (χ1) is 12.7. The Hall–Kier alpha value is -1.46. The molecule has 1 fully saturated rings. The van der Waals surface area contributed by atoms with Gasteiger partial charge in [0.1, 0.15) is 12.4 Å². The molecule has 2 nitrogen and oxygen atoms in total. The smallest absolute Gasteiger partial charge is 0.310 e. The minimum absolute atomic E-state index is 0.0666. The molecule has 1 aliphatic carbocycles. The number of allylic oxidation sites excluding steroid dienone is 1. The van der Waals surface area contributed by atoms with Crippen molar-refractivity contribution in [2.45, 2.75) is 27.4 Å². The molecule has 27 heavy (non-hydrogen) atoms. The Kier molecular flexibility index (Phi) is 5.92. The number of rotatable bonds is 5. The Bertz CT molecular complexity index is 884. The molecule has 142 valence electrons. The van der Waals surface area contributed by atoms with Gasteiger partial charge in [0.2, 0.25) is 0 Å². The molecule has 0 unspecified atom stereocenters. The molecule has 5 heteroatoms. The van der Waals surface area contributed by atoms with Gasteiger partial charge in [-0.3, -0.25) is 4.79 Å². The van der Waals surface area contributed by atoms with Crippen LogP contribution >= 0.6 is 31.9 Å². The van der Waals surface area contributed by atoms with E-state index in [1.54, 1.807) is 18.2 Å². The first-order valence-corrected chi connectivity index (χ1v) is 10.3. The van der Waals surface area contributed by atoms with Crippen LogP contribution in [0.5, 0.6) is 0 Å². The fourth-order valence-electron chi connectivity index (χ4n) is 3.46. The summed E-state index contributed by atoms with van der Waals surface area (Å²) in [7, 11) is 0. The van der Waals surface area contributed by atoms with Gasteiger partial charge in [-0.25, -0.2) is 4.39 Å². The number of hydrogen-bond donors (Lipinski definition) is 0. The first-order valence-electron chi connectivity index (χ1n) is 8.75. The highest BCUT2D eigenvalue weighted by Gasteiger charge is 2.61. The summed E-state index contributed by atoms with van der Waals surface area (Å²) < 4.78 is 21.2. The quantitative estimate of drug-likeness (QED) is 0.429. The minimum Gasteiger partial charge on any atom is -0.460 e. The van der Waals surface area contributed by atoms with Gasteiger partial charge >= 0.3 is 5.97 Å². The summed E-state index contributed by atoms with van der Waals surface area (Å²) in [6.45, 7) is 5.98. The summed E-state index contributed by atoms with van der Waals surface area (Å²) in [5, 5.41) is 0. The fraction of sp³-hybridized carbons (Fsp3) is 0.318. The molecule has 1 saturated carbocycles. The van der Waals surface area contributed by atoms with Crippen LogP contribution in [-0.2, 0) is 16.1 Å². The van der Waals surface area contributed by atoms with Gasteiger partial charge in [-0.2, -0.15) is 0 Å². The largest absolute Gasteiger partial charge is 0.460 e. The van der Waals surface area contributed by atoms with Gasteiger partial charge < -0.3 is 4.74 Å². The highest BCUT2D eigenvalue weighted by molar-refractivity contribution is 9.28. The van der Waals surface area contributed by atoms with Gasteiger partial charge in [0.05, 0.1) is 9.31 Å². The van der Waals surface area contributed by atoms with Crippen LogP contribution in [0.4, 0.5) is 4.39 Å². The summed E-state index contributed by atoms with van der Waals surface area (Å²) in [5.41, 5.74) is 2.66. The number of aryl methyl sites for hydroxylation is 1. The van der Waals surface area contributed by atoms with E-state index in [-0.39, 0.29) is 35.6 Å². The topological polar surface area (TPSA) is 26.3 Å². The van der Waals surface area contributed by atoms with Crippen molar-refractivity contribution >= 4 is 37.8 Å². The highest BCUT2D eigenvalue weighted by Crippen LogP contribution is 2.60. The van der Waals surface area contributed by atoms with Crippen molar-refractivity contribution in [2.24, 2.45) is 17.3 Å². The second-order valence-corrected chi connectivity index (χ2v) is 10.3. The Morgan fingerprint density at radius 2 is 1.85 bits per heavy atom. The molecule has 0 spiro atoms. The predicted octanol–water partition coefficient (Wildman–Crippen LogP) is 6.75. The molecule has 0 aliphatic heterocycles. The predicted molar refractivity (Wildman–Crippen MR) is 113 cm³/mol. The van der Waals surface area contributed by atoms with Crippen molar-refractivity contribution < 1.29 is 13.9 Å². The summed E-state index contributed by atoms with van der Waals surface area (Å²) in [6, 6.07) is 12.9. The zero-order valence-corrected chi connectivity index (χ0v) is 18.6. The maximum absolute atomic E-state index is 14.9. The van der Waals surface area contributed by atoms with Crippen LogP contribution in [0.25, 0.3) is 11.1 Å². The average Bonchev–Trinajstić information content (AvgIpc) is 3.14. The first kappa shape index (κ1) is 20.3. The Balaban J connectivity index is 1.72. The molecule has 3 rings (SSSR count). The van der Waals surface area contributed by atoms with Crippen molar-refractivity contribution in [3.05, 3.63) is 68.9 Å². The van der Waals surface area contributed by atoms with E-state index in [4.69, 9.17) is 4.74 Å². The Labute approximate surface area is 176 Å². The zero-order chi connectivity index (χ0) is 19.8. The van der Waals surface area contributed by atoms with Gasteiger partial charge in [-0.05, 0) is 55.7 Å². The number of carbonyl (C=O) groups is 1. The van der Waals surface area contributed by atoms with E-state index in [1.807, 2.05) is 51.1 Å². The number of hydrogen-bond acceptors (Lipinski definition) is 2. The Morgan fingerprint density at radius 1 is 1.19 bits per heavy atom. The maximum atomic E-state index is 14.9. The number of ether oxygens (including phenoxy) is 1. The van der Waals surface area contributed by atoms with Gasteiger partial charge in [-0.15, -0.1) is 0 Å². The molecular formula is C22H21Br2FO2. The van der Waals surface area contributed by atoms with Crippen molar-refractivity contribution in [1.29, 1.82) is 0 Å². The number of carbonyl (C=O) groups excluding carboxylic acids is 1. The summed E-state index contributed by atoms with van der Waals surface area (Å²) >= 11 is 6.68. The molecule has 0 bridgehead atoms. The fourth-order valence-corrected chi connectivity index (χ4v) is 4.03. The van der Waals surface area contributed by atoms with E-state index in [2.05, 4.69) is 31.9 Å². The van der Waals surface area contributed by atoms with Crippen molar-refractivity contribution in [1.82, 2.24) is 0 Å². The van der Waals surface area contributed by atoms with Crippen LogP contribution in [0.3, 0.4) is 0 Å². The van der Waals surface area contributed by atoms with Crippen LogP contribution in [-0.4, -0.2) is 5.97 Å². The third-order valence-electron chi connectivity index (χ3n) is 5.28. The van der Waals surface area contributed by atoms with Crippen molar-refractivity contribution in [3.63, 3.8) is 0 Å². The molecule has 2 aromatic carbocycles. The average molecular weight is 496 g/mol. The molecule has 0 radical (unpaired) electrons. The summed E-state index contributed by atoms with van der Waals surface area (Å²) in [4.78, 5) is 12.5. The molecule has 2 aromatic rings. The van der Waals surface area contributed by atoms with Gasteiger partial charge in [0.25, 0.3) is 0 Å². The monoisotopic (exact) mass is 494 g/mol. The van der Waals surface area contributed by atoms with E-state index in [0.29, 0.717) is 11.1 Å². The summed E-state index contributed by atoms with van der Waals surface area (Å²) in [5.74, 6) is -0.750. The van der Waals surface area contributed by atoms with Crippen LogP contribution in [0, 0.1) is 30.0 Å². The normalized spacial score (nSPS) is 20.1. The van der Waals surface area contributed by atoms with Crippen LogP contribution < -0.4 is 0 Å². The van der Waals surface area contributed by atoms with E-state index in [1.165, 1.54) is 0 Å². The van der Waals surface area contributed by atoms with Crippen LogP contribution in [0.2, 0.25) is 0 Å². The highest BCUT2D eigenvalue weighted by atomic mass is 79.9. The van der Waals surface area contributed by atoms with E-state index in [0.717, 1.165) is 14.5 Å². The lowest BCUT2D eigenvalue weighted by Crippen LogP contribution is -2.11. The molecule has 0 amide bonds. The number of halogens is 3. The summed E-state index contributed by atoms with van der Waals surface area (Å²) in [6.07, 6.45) is 1.96. The standard InChI is InChI=1S/C22H21Br2FO2/c1-13-7-9-14(10-8-13)16-6-4-5-15(20(16)25)12-27-21(26)19-17(11-18(23)24)22(19,2)3/h4-11,17,19H,12H2,1-3H3/t17-,19-/m0/s1. The molecule has 2 atom stereocenters.